The first-order chi connectivity index (χ1) is 9.00. The summed E-state index contributed by atoms with van der Waals surface area (Å²) in [6.45, 7) is 5.24. The molecule has 0 aromatic rings. The van der Waals surface area contributed by atoms with E-state index >= 15 is 0 Å². The number of carboxylic acid groups (broad SMARTS) is 1. The van der Waals surface area contributed by atoms with Crippen LogP contribution in [0.1, 0.15) is 46.0 Å². The van der Waals surface area contributed by atoms with E-state index in [1.165, 1.54) is 0 Å². The van der Waals surface area contributed by atoms with E-state index < -0.39 is 5.97 Å². The summed E-state index contributed by atoms with van der Waals surface area (Å²) in [6.07, 6.45) is 4.15. The zero-order valence-electron chi connectivity index (χ0n) is 11.9. The molecule has 19 heavy (non-hydrogen) atoms. The summed E-state index contributed by atoms with van der Waals surface area (Å²) in [4.78, 5) is 22.8. The fourth-order valence-corrected chi connectivity index (χ4v) is 2.58. The molecule has 0 aliphatic heterocycles. The molecule has 2 unspecified atom stereocenters. The number of carbonyl (C=O) groups is 2. The highest BCUT2D eigenvalue weighted by atomic mass is 16.4. The first-order valence-corrected chi connectivity index (χ1v) is 7.23. The second-order valence-corrected chi connectivity index (χ2v) is 5.65. The van der Waals surface area contributed by atoms with E-state index in [4.69, 9.17) is 5.11 Å². The van der Waals surface area contributed by atoms with Crippen molar-refractivity contribution in [3.63, 3.8) is 0 Å². The largest absolute Gasteiger partial charge is 0.481 e. The van der Waals surface area contributed by atoms with E-state index in [0.717, 1.165) is 25.7 Å². The lowest BCUT2D eigenvalue weighted by molar-refractivity contribution is -0.145. The topological polar surface area (TPSA) is 78.4 Å². The van der Waals surface area contributed by atoms with Crippen LogP contribution in [0.5, 0.6) is 0 Å². The van der Waals surface area contributed by atoms with Gasteiger partial charge < -0.3 is 15.7 Å². The lowest BCUT2D eigenvalue weighted by atomic mass is 9.79. The molecule has 0 radical (unpaired) electrons. The zero-order valence-corrected chi connectivity index (χ0v) is 11.9. The molecule has 0 spiro atoms. The Morgan fingerprint density at radius 2 is 1.95 bits per heavy atom. The maximum atomic E-state index is 11.6. The van der Waals surface area contributed by atoms with Gasteiger partial charge in [-0.3, -0.25) is 9.59 Å². The Hall–Kier alpha value is -1.10. The molecule has 0 saturated heterocycles. The van der Waals surface area contributed by atoms with Gasteiger partial charge in [-0.15, -0.1) is 0 Å². The smallest absolute Gasteiger partial charge is 0.306 e. The highest BCUT2D eigenvalue weighted by Crippen LogP contribution is 2.29. The number of hydrogen-bond donors (Lipinski definition) is 3. The van der Waals surface area contributed by atoms with E-state index in [0.29, 0.717) is 25.6 Å². The Morgan fingerprint density at radius 3 is 2.58 bits per heavy atom. The molecule has 1 aliphatic carbocycles. The molecule has 1 fully saturated rings. The fourth-order valence-electron chi connectivity index (χ4n) is 2.58. The first kappa shape index (κ1) is 16.0. The summed E-state index contributed by atoms with van der Waals surface area (Å²) in [5.74, 6) is -0.917. The fraction of sp³-hybridized carbons (Fsp3) is 0.857. The maximum absolute atomic E-state index is 11.6. The molecule has 1 amide bonds. The zero-order chi connectivity index (χ0) is 14.3. The van der Waals surface area contributed by atoms with Crippen LogP contribution in [-0.4, -0.2) is 36.1 Å². The van der Waals surface area contributed by atoms with Gasteiger partial charge in [0.1, 0.15) is 0 Å². The third-order valence-corrected chi connectivity index (χ3v) is 3.69. The Morgan fingerprint density at radius 1 is 1.26 bits per heavy atom. The number of carboxylic acids is 1. The summed E-state index contributed by atoms with van der Waals surface area (Å²) in [5.41, 5.74) is 0. The monoisotopic (exact) mass is 270 g/mol. The van der Waals surface area contributed by atoms with Crippen LogP contribution in [0, 0.1) is 11.8 Å². The van der Waals surface area contributed by atoms with Gasteiger partial charge in [0.25, 0.3) is 0 Å². The first-order valence-electron chi connectivity index (χ1n) is 7.23. The quantitative estimate of drug-likeness (QED) is 0.653. The van der Waals surface area contributed by atoms with Crippen molar-refractivity contribution < 1.29 is 14.7 Å². The van der Waals surface area contributed by atoms with Gasteiger partial charge in [-0.1, -0.05) is 26.7 Å². The second kappa shape index (κ2) is 8.15. The molecule has 1 rings (SSSR count). The molecular formula is C14H26N2O3. The van der Waals surface area contributed by atoms with Gasteiger partial charge >= 0.3 is 5.97 Å². The van der Waals surface area contributed by atoms with Crippen LogP contribution in [0.3, 0.4) is 0 Å². The minimum absolute atomic E-state index is 0.00265. The normalized spacial score (nSPS) is 23.3. The highest BCUT2D eigenvalue weighted by molar-refractivity contribution is 5.76. The Bertz CT molecular complexity index is 305. The summed E-state index contributed by atoms with van der Waals surface area (Å²) in [5, 5.41) is 15.2. The van der Waals surface area contributed by atoms with Gasteiger partial charge in [0, 0.05) is 25.6 Å². The van der Waals surface area contributed by atoms with Gasteiger partial charge in [-0.2, -0.15) is 0 Å². The van der Waals surface area contributed by atoms with Crippen LogP contribution in [0.4, 0.5) is 0 Å². The highest BCUT2D eigenvalue weighted by Gasteiger charge is 2.30. The number of amides is 1. The third-order valence-electron chi connectivity index (χ3n) is 3.69. The minimum Gasteiger partial charge on any atom is -0.481 e. The molecule has 5 nitrogen and oxygen atoms in total. The van der Waals surface area contributed by atoms with E-state index in [1.807, 2.05) is 13.8 Å². The molecule has 110 valence electrons. The van der Waals surface area contributed by atoms with Gasteiger partial charge in [-0.25, -0.2) is 0 Å². The molecular weight excluding hydrogens is 244 g/mol. The van der Waals surface area contributed by atoms with Crippen LogP contribution in [0.25, 0.3) is 0 Å². The van der Waals surface area contributed by atoms with Crippen LogP contribution in [0.15, 0.2) is 0 Å². The molecule has 1 aliphatic rings. The average molecular weight is 270 g/mol. The van der Waals surface area contributed by atoms with Crippen molar-refractivity contribution in [3.05, 3.63) is 0 Å². The van der Waals surface area contributed by atoms with Crippen LogP contribution in [-0.2, 0) is 9.59 Å². The Labute approximate surface area is 115 Å². The lowest BCUT2D eigenvalue weighted by Crippen LogP contribution is -2.38. The van der Waals surface area contributed by atoms with Crippen LogP contribution >= 0.6 is 0 Å². The maximum Gasteiger partial charge on any atom is 0.306 e. The van der Waals surface area contributed by atoms with E-state index in [1.54, 1.807) is 0 Å². The van der Waals surface area contributed by atoms with Gasteiger partial charge in [0.05, 0.1) is 5.92 Å². The number of carbonyl (C=O) groups excluding carboxylic acids is 1. The molecule has 5 heteroatoms. The van der Waals surface area contributed by atoms with Crippen molar-refractivity contribution >= 4 is 11.9 Å². The molecule has 2 atom stereocenters. The molecule has 1 saturated carbocycles. The number of hydrogen-bond acceptors (Lipinski definition) is 3. The Balaban J connectivity index is 2.26. The molecule has 0 aromatic heterocycles. The number of rotatable bonds is 7. The van der Waals surface area contributed by atoms with E-state index in [9.17, 15) is 9.59 Å². The summed E-state index contributed by atoms with van der Waals surface area (Å²) >= 11 is 0. The van der Waals surface area contributed by atoms with Crippen molar-refractivity contribution in [3.8, 4) is 0 Å². The minimum atomic E-state index is -0.722. The van der Waals surface area contributed by atoms with Crippen molar-refractivity contribution in [2.24, 2.45) is 11.8 Å². The predicted octanol–water partition coefficient (Wildman–Crippen LogP) is 1.38. The van der Waals surface area contributed by atoms with Gasteiger partial charge in [0.2, 0.25) is 5.91 Å². The standard InChI is InChI=1S/C14H26N2O3/c1-10(2)15-8-7-13(17)16-9-11-5-3-4-6-12(11)14(18)19/h10-12,15H,3-9H2,1-2H3,(H,16,17)(H,18,19). The van der Waals surface area contributed by atoms with E-state index in [-0.39, 0.29) is 17.7 Å². The number of nitrogens with one attached hydrogen (secondary N) is 2. The predicted molar refractivity (Wildman–Crippen MR) is 73.8 cm³/mol. The third kappa shape index (κ3) is 6.05. The summed E-state index contributed by atoms with van der Waals surface area (Å²) < 4.78 is 0. The lowest BCUT2D eigenvalue weighted by Gasteiger charge is -2.28. The Kier molecular flexibility index (Phi) is 6.84. The SMILES string of the molecule is CC(C)NCCC(=O)NCC1CCCCC1C(=O)O. The summed E-state index contributed by atoms with van der Waals surface area (Å²) in [7, 11) is 0. The second-order valence-electron chi connectivity index (χ2n) is 5.65. The van der Waals surface area contributed by atoms with Gasteiger partial charge in [0.15, 0.2) is 0 Å². The molecule has 0 aromatic carbocycles. The van der Waals surface area contributed by atoms with Crippen molar-refractivity contribution in [2.45, 2.75) is 52.0 Å². The molecule has 0 bridgehead atoms. The van der Waals surface area contributed by atoms with E-state index in [2.05, 4.69) is 10.6 Å². The summed E-state index contributed by atoms with van der Waals surface area (Å²) in [6, 6.07) is 0.377. The average Bonchev–Trinajstić information content (AvgIpc) is 2.36. The number of aliphatic carboxylic acids is 1. The molecule has 3 N–H and O–H groups in total. The van der Waals surface area contributed by atoms with Gasteiger partial charge in [-0.05, 0) is 18.8 Å². The van der Waals surface area contributed by atoms with Crippen molar-refractivity contribution in [1.29, 1.82) is 0 Å². The van der Waals surface area contributed by atoms with Crippen molar-refractivity contribution in [1.82, 2.24) is 10.6 Å². The van der Waals surface area contributed by atoms with Crippen LogP contribution < -0.4 is 10.6 Å². The molecule has 0 heterocycles. The van der Waals surface area contributed by atoms with Crippen molar-refractivity contribution in [2.75, 3.05) is 13.1 Å². The van der Waals surface area contributed by atoms with Crippen LogP contribution in [0.2, 0.25) is 0 Å².